The second kappa shape index (κ2) is 8.21. The van der Waals surface area contributed by atoms with Gasteiger partial charge in [-0.05, 0) is 31.2 Å². The van der Waals surface area contributed by atoms with Crippen LogP contribution >= 0.6 is 0 Å². The summed E-state index contributed by atoms with van der Waals surface area (Å²) in [6.07, 6.45) is 0. The number of nitrogens with zero attached hydrogens (tertiary/aromatic N) is 2. The number of aryl methyl sites for hydroxylation is 1. The Hall–Kier alpha value is -3.93. The van der Waals surface area contributed by atoms with E-state index in [0.29, 0.717) is 39.6 Å². The van der Waals surface area contributed by atoms with Crippen LogP contribution < -0.4 is 9.47 Å². The molecule has 0 atom stereocenters. The minimum absolute atomic E-state index is 0.100. The van der Waals surface area contributed by atoms with E-state index in [1.807, 2.05) is 49.4 Å². The van der Waals surface area contributed by atoms with Crippen molar-refractivity contribution in [1.29, 1.82) is 0 Å². The van der Waals surface area contributed by atoms with Crippen molar-refractivity contribution in [1.82, 2.24) is 10.1 Å². The van der Waals surface area contributed by atoms with E-state index in [1.54, 1.807) is 38.5 Å². The number of ether oxygens (including phenoxy) is 2. The van der Waals surface area contributed by atoms with Gasteiger partial charge in [0.15, 0.2) is 17.3 Å². The maximum Gasteiger partial charge on any atom is 0.258 e. The van der Waals surface area contributed by atoms with Crippen LogP contribution in [0, 0.1) is 6.92 Å². The van der Waals surface area contributed by atoms with Gasteiger partial charge in [0.05, 0.1) is 19.8 Å². The molecule has 0 saturated carbocycles. The lowest BCUT2D eigenvalue weighted by Gasteiger charge is -2.07. The van der Waals surface area contributed by atoms with Gasteiger partial charge in [0.25, 0.3) is 5.89 Å². The molecule has 0 aliphatic rings. The Bertz CT molecular complexity index is 1200. The molecule has 0 amide bonds. The molecule has 0 saturated heterocycles. The summed E-state index contributed by atoms with van der Waals surface area (Å²) in [7, 11) is 3.14. The van der Waals surface area contributed by atoms with E-state index >= 15 is 0 Å². The van der Waals surface area contributed by atoms with Crippen LogP contribution in [0.5, 0.6) is 11.5 Å². The number of methoxy groups -OCH3 is 2. The molecule has 150 valence electrons. The summed E-state index contributed by atoms with van der Waals surface area (Å²) in [4.78, 5) is 17.6. The Morgan fingerprint density at radius 3 is 2.37 bits per heavy atom. The number of hydrogen-bond acceptors (Lipinski definition) is 6. The van der Waals surface area contributed by atoms with E-state index in [-0.39, 0.29) is 11.7 Å². The van der Waals surface area contributed by atoms with Crippen molar-refractivity contribution in [3.8, 4) is 34.3 Å². The zero-order valence-corrected chi connectivity index (χ0v) is 16.9. The number of aromatic nitrogens is 2. The van der Waals surface area contributed by atoms with E-state index in [4.69, 9.17) is 14.0 Å². The fraction of sp³-hybridized carbons (Fsp3) is 0.125. The predicted octanol–water partition coefficient (Wildman–Crippen LogP) is 4.96. The third-order valence-electron chi connectivity index (χ3n) is 4.78. The first-order chi connectivity index (χ1) is 14.6. The van der Waals surface area contributed by atoms with Crippen LogP contribution in [0.3, 0.4) is 0 Å². The molecule has 0 radical (unpaired) electrons. The van der Waals surface area contributed by atoms with Gasteiger partial charge in [0.1, 0.15) is 0 Å². The van der Waals surface area contributed by atoms with E-state index < -0.39 is 0 Å². The zero-order valence-electron chi connectivity index (χ0n) is 16.9. The smallest absolute Gasteiger partial charge is 0.258 e. The Labute approximate surface area is 174 Å². The standard InChI is InChI=1S/C24H20N2O4/c1-15-8-10-16(11-9-15)22(27)18-6-4-5-7-19(18)24-25-23(26-30-24)17-12-13-20(28-2)21(14-17)29-3/h4-14H,1-3H3. The molecule has 6 heteroatoms. The Morgan fingerprint density at radius 1 is 0.900 bits per heavy atom. The molecule has 6 nitrogen and oxygen atoms in total. The zero-order chi connectivity index (χ0) is 21.1. The highest BCUT2D eigenvalue weighted by atomic mass is 16.5. The Kier molecular flexibility index (Phi) is 5.30. The summed E-state index contributed by atoms with van der Waals surface area (Å²) in [5.41, 5.74) is 3.50. The van der Waals surface area contributed by atoms with E-state index in [2.05, 4.69) is 10.1 Å². The molecular weight excluding hydrogens is 380 g/mol. The van der Waals surface area contributed by atoms with Crippen LogP contribution in [-0.4, -0.2) is 30.1 Å². The highest BCUT2D eigenvalue weighted by Crippen LogP contribution is 2.32. The minimum atomic E-state index is -0.100. The lowest BCUT2D eigenvalue weighted by molar-refractivity contribution is 0.103. The third kappa shape index (κ3) is 3.67. The van der Waals surface area contributed by atoms with Crippen molar-refractivity contribution in [2.45, 2.75) is 6.92 Å². The Morgan fingerprint density at radius 2 is 1.63 bits per heavy atom. The highest BCUT2D eigenvalue weighted by molar-refractivity contribution is 6.12. The number of benzene rings is 3. The number of rotatable bonds is 6. The average Bonchev–Trinajstić information content (AvgIpc) is 3.29. The van der Waals surface area contributed by atoms with E-state index in [1.165, 1.54) is 0 Å². The maximum absolute atomic E-state index is 13.1. The number of carbonyl (C=O) groups excluding carboxylic acids is 1. The molecule has 4 aromatic rings. The van der Waals surface area contributed by atoms with Gasteiger partial charge < -0.3 is 14.0 Å². The molecule has 0 spiro atoms. The fourth-order valence-electron chi connectivity index (χ4n) is 3.15. The summed E-state index contributed by atoms with van der Waals surface area (Å²) in [5, 5.41) is 4.08. The van der Waals surface area contributed by atoms with Gasteiger partial charge in [-0.1, -0.05) is 53.2 Å². The first-order valence-electron chi connectivity index (χ1n) is 9.37. The van der Waals surface area contributed by atoms with Crippen molar-refractivity contribution >= 4 is 5.78 Å². The second-order valence-corrected chi connectivity index (χ2v) is 6.73. The molecular formula is C24H20N2O4. The topological polar surface area (TPSA) is 74.5 Å². The molecule has 0 fully saturated rings. The summed E-state index contributed by atoms with van der Waals surface area (Å²) in [5.74, 6) is 1.74. The van der Waals surface area contributed by atoms with E-state index in [9.17, 15) is 4.79 Å². The van der Waals surface area contributed by atoms with Gasteiger partial charge >= 0.3 is 0 Å². The summed E-state index contributed by atoms with van der Waals surface area (Å²) in [6, 6.07) is 20.0. The van der Waals surface area contributed by atoms with Crippen molar-refractivity contribution in [3.05, 3.63) is 83.4 Å². The highest BCUT2D eigenvalue weighted by Gasteiger charge is 2.19. The van der Waals surface area contributed by atoms with Crippen LogP contribution in [-0.2, 0) is 0 Å². The first kappa shape index (κ1) is 19.4. The SMILES string of the molecule is COc1ccc(-c2noc(-c3ccccc3C(=O)c3ccc(C)cc3)n2)cc1OC. The van der Waals surface area contributed by atoms with Gasteiger partial charge in [0.2, 0.25) is 5.82 Å². The van der Waals surface area contributed by atoms with Crippen molar-refractivity contribution in [2.75, 3.05) is 14.2 Å². The van der Waals surface area contributed by atoms with Crippen LogP contribution in [0.15, 0.2) is 71.3 Å². The average molecular weight is 400 g/mol. The van der Waals surface area contributed by atoms with Crippen molar-refractivity contribution in [3.63, 3.8) is 0 Å². The second-order valence-electron chi connectivity index (χ2n) is 6.73. The summed E-state index contributed by atoms with van der Waals surface area (Å²) in [6.45, 7) is 1.98. The van der Waals surface area contributed by atoms with Crippen molar-refractivity contribution in [2.24, 2.45) is 0 Å². The normalized spacial score (nSPS) is 10.6. The summed E-state index contributed by atoms with van der Waals surface area (Å²) < 4.78 is 16.1. The largest absolute Gasteiger partial charge is 0.493 e. The van der Waals surface area contributed by atoms with Crippen LogP contribution in [0.1, 0.15) is 21.5 Å². The molecule has 0 unspecified atom stereocenters. The van der Waals surface area contributed by atoms with Crippen molar-refractivity contribution < 1.29 is 18.8 Å². The molecule has 0 bridgehead atoms. The van der Waals surface area contributed by atoms with Crippen LogP contribution in [0.25, 0.3) is 22.8 Å². The fourth-order valence-corrected chi connectivity index (χ4v) is 3.15. The molecule has 3 aromatic carbocycles. The van der Waals surface area contributed by atoms with Gasteiger partial charge in [-0.2, -0.15) is 4.98 Å². The minimum Gasteiger partial charge on any atom is -0.493 e. The lowest BCUT2D eigenvalue weighted by atomic mass is 9.97. The quantitative estimate of drug-likeness (QED) is 0.426. The molecule has 0 aliphatic carbocycles. The first-order valence-corrected chi connectivity index (χ1v) is 9.37. The molecule has 30 heavy (non-hydrogen) atoms. The molecule has 4 rings (SSSR count). The lowest BCUT2D eigenvalue weighted by Crippen LogP contribution is -2.03. The van der Waals surface area contributed by atoms with Gasteiger partial charge in [-0.25, -0.2) is 0 Å². The monoisotopic (exact) mass is 400 g/mol. The molecule has 0 N–H and O–H groups in total. The van der Waals surface area contributed by atoms with Gasteiger partial charge in [-0.3, -0.25) is 4.79 Å². The maximum atomic E-state index is 13.1. The summed E-state index contributed by atoms with van der Waals surface area (Å²) >= 11 is 0. The number of carbonyl (C=O) groups is 1. The van der Waals surface area contributed by atoms with Crippen LogP contribution in [0.2, 0.25) is 0 Å². The Balaban J connectivity index is 1.71. The predicted molar refractivity (Wildman–Crippen MR) is 113 cm³/mol. The number of hydrogen-bond donors (Lipinski definition) is 0. The molecule has 1 aromatic heterocycles. The molecule has 0 aliphatic heterocycles. The third-order valence-corrected chi connectivity index (χ3v) is 4.78. The number of ketones is 1. The van der Waals surface area contributed by atoms with Crippen LogP contribution in [0.4, 0.5) is 0 Å². The van der Waals surface area contributed by atoms with Gasteiger partial charge in [-0.15, -0.1) is 0 Å². The van der Waals surface area contributed by atoms with E-state index in [0.717, 1.165) is 5.56 Å². The molecule has 1 heterocycles. The van der Waals surface area contributed by atoms with Gasteiger partial charge in [0, 0.05) is 16.7 Å².